The average Bonchev–Trinajstić information content (AvgIpc) is 2.44. The smallest absolute Gasteiger partial charge is 0.255 e. The lowest BCUT2D eigenvalue weighted by Gasteiger charge is -2.19. The first-order valence-electron chi connectivity index (χ1n) is 7.36. The molecule has 0 aliphatic carbocycles. The van der Waals surface area contributed by atoms with Crippen molar-refractivity contribution in [3.63, 3.8) is 0 Å². The second-order valence-corrected chi connectivity index (χ2v) is 5.06. The molecule has 1 aromatic rings. The molecule has 0 fully saturated rings. The predicted octanol–water partition coefficient (Wildman–Crippen LogP) is 3.37. The normalized spacial score (nSPS) is 11.9. The van der Waals surface area contributed by atoms with E-state index in [0.29, 0.717) is 17.0 Å². The van der Waals surface area contributed by atoms with Gasteiger partial charge in [-0.25, -0.2) is 0 Å². The van der Waals surface area contributed by atoms with Gasteiger partial charge in [0, 0.05) is 17.8 Å². The Morgan fingerprint density at radius 2 is 2.05 bits per heavy atom. The highest BCUT2D eigenvalue weighted by Gasteiger charge is 2.16. The topological polar surface area (TPSA) is 64.4 Å². The van der Waals surface area contributed by atoms with Crippen LogP contribution in [0.2, 0.25) is 0 Å². The van der Waals surface area contributed by atoms with Crippen LogP contribution in [0.25, 0.3) is 0 Å². The van der Waals surface area contributed by atoms with Gasteiger partial charge in [0.05, 0.1) is 12.7 Å². The Hall–Kier alpha value is -1.71. The molecule has 0 spiro atoms. The van der Waals surface area contributed by atoms with Gasteiger partial charge in [-0.05, 0) is 25.0 Å². The van der Waals surface area contributed by atoms with Gasteiger partial charge in [0.2, 0.25) is 0 Å². The molecule has 112 valence electrons. The molecule has 3 N–H and O–H groups in total. The van der Waals surface area contributed by atoms with E-state index < -0.39 is 0 Å². The summed E-state index contributed by atoms with van der Waals surface area (Å²) in [6.45, 7) is 4.29. The van der Waals surface area contributed by atoms with E-state index in [0.717, 1.165) is 32.1 Å². The molecular weight excluding hydrogens is 252 g/mol. The Labute approximate surface area is 121 Å². The number of amides is 1. The summed E-state index contributed by atoms with van der Waals surface area (Å²) in [5.74, 6) is 0.435. The number of nitrogen functional groups attached to an aromatic ring is 1. The first-order chi connectivity index (χ1) is 9.62. The van der Waals surface area contributed by atoms with Gasteiger partial charge in [-0.3, -0.25) is 4.79 Å². The van der Waals surface area contributed by atoms with Crippen LogP contribution in [-0.2, 0) is 0 Å². The van der Waals surface area contributed by atoms with Crippen LogP contribution >= 0.6 is 0 Å². The monoisotopic (exact) mass is 278 g/mol. The number of unbranched alkanes of at least 4 members (excludes halogenated alkanes) is 1. The maximum absolute atomic E-state index is 12.4. The Bertz CT molecular complexity index is 432. The highest BCUT2D eigenvalue weighted by Crippen LogP contribution is 2.22. The van der Waals surface area contributed by atoms with Crippen molar-refractivity contribution in [2.45, 2.75) is 52.0 Å². The standard InChI is InChI=1S/C16H26N2O2/c1-4-6-8-13(7-5-2)18-16(19)14-10-9-12(17)11-15(14)20-3/h9-11,13H,4-8,17H2,1-3H3,(H,18,19). The molecule has 4 nitrogen and oxygen atoms in total. The van der Waals surface area contributed by atoms with Crippen LogP contribution in [0.4, 0.5) is 5.69 Å². The van der Waals surface area contributed by atoms with Crippen molar-refractivity contribution in [3.05, 3.63) is 23.8 Å². The van der Waals surface area contributed by atoms with Crippen LogP contribution in [0.1, 0.15) is 56.3 Å². The minimum Gasteiger partial charge on any atom is -0.496 e. The molecule has 0 aromatic heterocycles. The molecule has 0 radical (unpaired) electrons. The third-order valence-corrected chi connectivity index (χ3v) is 3.35. The maximum atomic E-state index is 12.4. The van der Waals surface area contributed by atoms with E-state index in [9.17, 15) is 4.79 Å². The van der Waals surface area contributed by atoms with Crippen LogP contribution in [0, 0.1) is 0 Å². The van der Waals surface area contributed by atoms with E-state index in [-0.39, 0.29) is 11.9 Å². The summed E-state index contributed by atoms with van der Waals surface area (Å²) in [6.07, 6.45) is 5.36. The van der Waals surface area contributed by atoms with Crippen molar-refractivity contribution in [1.29, 1.82) is 0 Å². The Balaban J connectivity index is 2.77. The van der Waals surface area contributed by atoms with Crippen LogP contribution < -0.4 is 15.8 Å². The molecule has 4 heteroatoms. The van der Waals surface area contributed by atoms with Gasteiger partial charge in [-0.15, -0.1) is 0 Å². The minimum absolute atomic E-state index is 0.0867. The van der Waals surface area contributed by atoms with Crippen LogP contribution in [-0.4, -0.2) is 19.1 Å². The largest absolute Gasteiger partial charge is 0.496 e. The lowest BCUT2D eigenvalue weighted by Crippen LogP contribution is -2.35. The van der Waals surface area contributed by atoms with E-state index in [4.69, 9.17) is 10.5 Å². The molecule has 20 heavy (non-hydrogen) atoms. The van der Waals surface area contributed by atoms with Gasteiger partial charge in [-0.2, -0.15) is 0 Å². The summed E-state index contributed by atoms with van der Waals surface area (Å²) in [4.78, 5) is 12.4. The average molecular weight is 278 g/mol. The molecule has 1 aromatic carbocycles. The number of benzene rings is 1. The fraction of sp³-hybridized carbons (Fsp3) is 0.562. The third-order valence-electron chi connectivity index (χ3n) is 3.35. The highest BCUT2D eigenvalue weighted by molar-refractivity contribution is 5.97. The SMILES string of the molecule is CCCCC(CCC)NC(=O)c1ccc(N)cc1OC. The summed E-state index contributed by atoms with van der Waals surface area (Å²) >= 11 is 0. The summed E-state index contributed by atoms with van der Waals surface area (Å²) in [6, 6.07) is 5.34. The molecule has 0 saturated carbocycles. The number of hydrogen-bond donors (Lipinski definition) is 2. The molecular formula is C16H26N2O2. The fourth-order valence-corrected chi connectivity index (χ4v) is 2.25. The van der Waals surface area contributed by atoms with Gasteiger partial charge < -0.3 is 15.8 Å². The van der Waals surface area contributed by atoms with Gasteiger partial charge in [0.15, 0.2) is 0 Å². The number of rotatable bonds is 8. The minimum atomic E-state index is -0.0867. The fourth-order valence-electron chi connectivity index (χ4n) is 2.25. The summed E-state index contributed by atoms with van der Waals surface area (Å²) in [5.41, 5.74) is 6.84. The van der Waals surface area contributed by atoms with Gasteiger partial charge in [0.1, 0.15) is 5.75 Å². The zero-order chi connectivity index (χ0) is 15.0. The summed E-state index contributed by atoms with van der Waals surface area (Å²) < 4.78 is 5.23. The Morgan fingerprint density at radius 3 is 2.65 bits per heavy atom. The van der Waals surface area contributed by atoms with Crippen LogP contribution in [0.15, 0.2) is 18.2 Å². The van der Waals surface area contributed by atoms with Crippen molar-refractivity contribution in [1.82, 2.24) is 5.32 Å². The molecule has 0 aliphatic rings. The number of carbonyl (C=O) groups excluding carboxylic acids is 1. The summed E-state index contributed by atoms with van der Waals surface area (Å²) in [7, 11) is 1.55. The van der Waals surface area contributed by atoms with Crippen molar-refractivity contribution in [2.75, 3.05) is 12.8 Å². The van der Waals surface area contributed by atoms with E-state index in [1.165, 1.54) is 0 Å². The number of nitrogens with two attached hydrogens (primary N) is 1. The van der Waals surface area contributed by atoms with E-state index in [1.807, 2.05) is 0 Å². The number of carbonyl (C=O) groups is 1. The van der Waals surface area contributed by atoms with E-state index in [2.05, 4.69) is 19.2 Å². The van der Waals surface area contributed by atoms with Crippen molar-refractivity contribution >= 4 is 11.6 Å². The zero-order valence-corrected chi connectivity index (χ0v) is 12.7. The molecule has 1 unspecified atom stereocenters. The highest BCUT2D eigenvalue weighted by atomic mass is 16.5. The lowest BCUT2D eigenvalue weighted by atomic mass is 10.0. The third kappa shape index (κ3) is 4.76. The van der Waals surface area contributed by atoms with Crippen molar-refractivity contribution < 1.29 is 9.53 Å². The van der Waals surface area contributed by atoms with E-state index in [1.54, 1.807) is 25.3 Å². The second-order valence-electron chi connectivity index (χ2n) is 5.06. The number of ether oxygens (including phenoxy) is 1. The molecule has 0 bridgehead atoms. The molecule has 0 saturated heterocycles. The molecule has 1 amide bonds. The first kappa shape index (κ1) is 16.3. The van der Waals surface area contributed by atoms with Gasteiger partial charge >= 0.3 is 0 Å². The summed E-state index contributed by atoms with van der Waals surface area (Å²) in [5, 5.41) is 3.10. The lowest BCUT2D eigenvalue weighted by molar-refractivity contribution is 0.0929. The van der Waals surface area contributed by atoms with Gasteiger partial charge in [-0.1, -0.05) is 33.1 Å². The quantitative estimate of drug-likeness (QED) is 0.717. The number of methoxy groups -OCH3 is 1. The number of hydrogen-bond acceptors (Lipinski definition) is 3. The van der Waals surface area contributed by atoms with Crippen molar-refractivity contribution in [2.24, 2.45) is 0 Å². The molecule has 0 heterocycles. The molecule has 1 atom stereocenters. The Morgan fingerprint density at radius 1 is 1.30 bits per heavy atom. The van der Waals surface area contributed by atoms with Crippen LogP contribution in [0.3, 0.4) is 0 Å². The van der Waals surface area contributed by atoms with Crippen molar-refractivity contribution in [3.8, 4) is 5.75 Å². The van der Waals surface area contributed by atoms with E-state index >= 15 is 0 Å². The Kier molecular flexibility index (Phi) is 6.91. The molecule has 1 rings (SSSR count). The predicted molar refractivity (Wildman–Crippen MR) is 83.1 cm³/mol. The van der Waals surface area contributed by atoms with Gasteiger partial charge in [0.25, 0.3) is 5.91 Å². The first-order valence-corrected chi connectivity index (χ1v) is 7.36. The number of nitrogens with one attached hydrogen (secondary N) is 1. The number of anilines is 1. The van der Waals surface area contributed by atoms with Crippen LogP contribution in [0.5, 0.6) is 5.75 Å². The second kappa shape index (κ2) is 8.46. The maximum Gasteiger partial charge on any atom is 0.255 e. The molecule has 0 aliphatic heterocycles. The zero-order valence-electron chi connectivity index (χ0n) is 12.7.